The Morgan fingerprint density at radius 2 is 1.86 bits per heavy atom. The zero-order valence-electron chi connectivity index (χ0n) is 7.51. The van der Waals surface area contributed by atoms with Crippen LogP contribution in [0.25, 0.3) is 0 Å². The van der Waals surface area contributed by atoms with Crippen molar-refractivity contribution in [1.82, 2.24) is 0 Å². The normalized spacial score (nSPS) is 9.93. The Labute approximate surface area is 98.9 Å². The van der Waals surface area contributed by atoms with Crippen LogP contribution in [0.5, 0.6) is 0 Å². The van der Waals surface area contributed by atoms with Crippen molar-refractivity contribution in [2.24, 2.45) is 0 Å². The number of rotatable bonds is 3. The molecule has 1 aromatic carbocycles. The van der Waals surface area contributed by atoms with Crippen LogP contribution >= 0.6 is 31.9 Å². The van der Waals surface area contributed by atoms with Gasteiger partial charge in [-0.15, -0.1) is 0 Å². The molecule has 0 amide bonds. The molecule has 0 aliphatic rings. The van der Waals surface area contributed by atoms with Crippen LogP contribution < -0.4 is 0 Å². The maximum Gasteiger partial charge on any atom is 0.229 e. The minimum Gasteiger partial charge on any atom is -0.281 e. The molecule has 0 aromatic heterocycles. The van der Waals surface area contributed by atoms with E-state index in [2.05, 4.69) is 31.9 Å². The lowest BCUT2D eigenvalue weighted by atomic mass is 10.0. The zero-order valence-corrected chi connectivity index (χ0v) is 10.7. The topological polar surface area (TPSA) is 34.1 Å². The molecular formula is C10H8Br2O2. The highest BCUT2D eigenvalue weighted by molar-refractivity contribution is 9.18. The molecule has 0 aliphatic heterocycles. The summed E-state index contributed by atoms with van der Waals surface area (Å²) < 4.78 is -0.520. The molecule has 14 heavy (non-hydrogen) atoms. The smallest absolute Gasteiger partial charge is 0.229 e. The van der Waals surface area contributed by atoms with E-state index in [0.717, 1.165) is 12.0 Å². The SMILES string of the molecule is CCc1cccc(C(=O)Br)c1C(=O)Br. The van der Waals surface area contributed by atoms with E-state index in [9.17, 15) is 9.59 Å². The van der Waals surface area contributed by atoms with E-state index >= 15 is 0 Å². The van der Waals surface area contributed by atoms with Gasteiger partial charge in [-0.2, -0.15) is 0 Å². The second-order valence-electron chi connectivity index (χ2n) is 2.74. The van der Waals surface area contributed by atoms with Gasteiger partial charge in [-0.25, -0.2) is 0 Å². The lowest BCUT2D eigenvalue weighted by Gasteiger charge is -2.06. The lowest BCUT2D eigenvalue weighted by Crippen LogP contribution is -2.04. The van der Waals surface area contributed by atoms with Gasteiger partial charge in [0.15, 0.2) is 0 Å². The highest BCUT2D eigenvalue weighted by Crippen LogP contribution is 2.20. The van der Waals surface area contributed by atoms with E-state index in [-0.39, 0.29) is 9.39 Å². The van der Waals surface area contributed by atoms with Gasteiger partial charge in [0, 0.05) is 11.1 Å². The summed E-state index contributed by atoms with van der Waals surface area (Å²) in [5.41, 5.74) is 1.74. The second kappa shape index (κ2) is 4.84. The average molecular weight is 320 g/mol. The van der Waals surface area contributed by atoms with Gasteiger partial charge in [0.1, 0.15) is 0 Å². The molecule has 0 aliphatic carbocycles. The van der Waals surface area contributed by atoms with Gasteiger partial charge in [-0.1, -0.05) is 19.1 Å². The Bertz CT molecular complexity index is 386. The Morgan fingerprint density at radius 3 is 2.29 bits per heavy atom. The van der Waals surface area contributed by atoms with Crippen molar-refractivity contribution >= 4 is 41.2 Å². The number of hydrogen-bond donors (Lipinski definition) is 0. The molecule has 0 bridgehead atoms. The predicted molar refractivity (Wildman–Crippen MR) is 62.3 cm³/mol. The number of benzene rings is 1. The van der Waals surface area contributed by atoms with E-state index < -0.39 is 0 Å². The van der Waals surface area contributed by atoms with Crippen molar-refractivity contribution in [2.45, 2.75) is 13.3 Å². The van der Waals surface area contributed by atoms with Crippen molar-refractivity contribution in [3.8, 4) is 0 Å². The fraction of sp³-hybridized carbons (Fsp3) is 0.200. The van der Waals surface area contributed by atoms with Crippen LogP contribution in [0, 0.1) is 0 Å². The molecule has 74 valence electrons. The van der Waals surface area contributed by atoms with Crippen molar-refractivity contribution < 1.29 is 9.59 Å². The van der Waals surface area contributed by atoms with Gasteiger partial charge in [0.2, 0.25) is 9.39 Å². The summed E-state index contributed by atoms with van der Waals surface area (Å²) in [6, 6.07) is 5.24. The van der Waals surface area contributed by atoms with Crippen LogP contribution in [0.15, 0.2) is 18.2 Å². The monoisotopic (exact) mass is 318 g/mol. The predicted octanol–water partition coefficient (Wildman–Crippen LogP) is 3.32. The van der Waals surface area contributed by atoms with Crippen molar-refractivity contribution in [1.29, 1.82) is 0 Å². The third-order valence-corrected chi connectivity index (χ3v) is 2.76. The first kappa shape index (κ1) is 11.6. The molecule has 0 saturated heterocycles. The van der Waals surface area contributed by atoms with Crippen LogP contribution in [0.1, 0.15) is 33.2 Å². The summed E-state index contributed by atoms with van der Waals surface area (Å²) in [5, 5.41) is 0. The van der Waals surface area contributed by atoms with Gasteiger partial charge in [-0.05, 0) is 49.9 Å². The fourth-order valence-electron chi connectivity index (χ4n) is 1.29. The van der Waals surface area contributed by atoms with Crippen LogP contribution in [0.3, 0.4) is 0 Å². The summed E-state index contributed by atoms with van der Waals surface area (Å²) in [6.07, 6.45) is 0.723. The molecule has 0 atom stereocenters. The first-order chi connectivity index (χ1) is 6.57. The standard InChI is InChI=1S/C10H8Br2O2/c1-2-6-4-3-5-7(9(11)13)8(6)10(12)14/h3-5H,2H2,1H3. The largest absolute Gasteiger partial charge is 0.281 e. The molecule has 0 heterocycles. The van der Waals surface area contributed by atoms with Crippen LogP contribution in [-0.4, -0.2) is 9.39 Å². The minimum atomic E-state index is -0.268. The molecule has 0 spiro atoms. The van der Waals surface area contributed by atoms with Gasteiger partial charge < -0.3 is 0 Å². The summed E-state index contributed by atoms with van der Waals surface area (Å²) in [6.45, 7) is 1.94. The van der Waals surface area contributed by atoms with Gasteiger partial charge in [0.05, 0.1) is 0 Å². The lowest BCUT2D eigenvalue weighted by molar-refractivity contribution is 0.106. The first-order valence-corrected chi connectivity index (χ1v) is 5.68. The molecule has 0 saturated carbocycles. The number of carbonyl (C=O) groups is 2. The third-order valence-electron chi connectivity index (χ3n) is 1.94. The third kappa shape index (κ3) is 2.30. The van der Waals surface area contributed by atoms with Gasteiger partial charge in [0.25, 0.3) is 0 Å². The molecule has 1 aromatic rings. The fourth-order valence-corrected chi connectivity index (χ4v) is 2.09. The Morgan fingerprint density at radius 1 is 1.21 bits per heavy atom. The highest BCUT2D eigenvalue weighted by atomic mass is 79.9. The zero-order chi connectivity index (χ0) is 10.7. The van der Waals surface area contributed by atoms with E-state index in [0.29, 0.717) is 11.1 Å². The van der Waals surface area contributed by atoms with Crippen LogP contribution in [0.2, 0.25) is 0 Å². The van der Waals surface area contributed by atoms with Crippen molar-refractivity contribution in [2.75, 3.05) is 0 Å². The van der Waals surface area contributed by atoms with E-state index in [1.807, 2.05) is 13.0 Å². The Kier molecular flexibility index (Phi) is 4.01. The number of halogens is 2. The minimum absolute atomic E-state index is 0.252. The molecule has 0 fully saturated rings. The number of hydrogen-bond acceptors (Lipinski definition) is 2. The second-order valence-corrected chi connectivity index (χ2v) is 4.18. The number of aryl methyl sites for hydroxylation is 1. The van der Waals surface area contributed by atoms with E-state index in [1.165, 1.54) is 0 Å². The van der Waals surface area contributed by atoms with Gasteiger partial charge >= 0.3 is 0 Å². The summed E-state index contributed by atoms with van der Waals surface area (Å²) in [7, 11) is 0. The Balaban J connectivity index is 3.43. The van der Waals surface area contributed by atoms with Crippen LogP contribution in [-0.2, 0) is 6.42 Å². The maximum atomic E-state index is 11.3. The molecule has 0 unspecified atom stereocenters. The molecule has 4 heteroatoms. The number of carbonyl (C=O) groups excluding carboxylic acids is 2. The van der Waals surface area contributed by atoms with Crippen LogP contribution in [0.4, 0.5) is 0 Å². The van der Waals surface area contributed by atoms with Crippen molar-refractivity contribution in [3.63, 3.8) is 0 Å². The van der Waals surface area contributed by atoms with Crippen molar-refractivity contribution in [3.05, 3.63) is 34.9 Å². The Hall–Kier alpha value is -0.480. The summed E-state index contributed by atoms with van der Waals surface area (Å²) in [5.74, 6) is 0. The molecule has 0 N–H and O–H groups in total. The van der Waals surface area contributed by atoms with E-state index in [1.54, 1.807) is 12.1 Å². The van der Waals surface area contributed by atoms with E-state index in [4.69, 9.17) is 0 Å². The summed E-state index contributed by atoms with van der Waals surface area (Å²) in [4.78, 5) is 22.5. The first-order valence-electron chi connectivity index (χ1n) is 4.09. The average Bonchev–Trinajstić information content (AvgIpc) is 2.16. The maximum absolute atomic E-state index is 11.3. The summed E-state index contributed by atoms with van der Waals surface area (Å²) >= 11 is 5.73. The molecule has 2 nitrogen and oxygen atoms in total. The molecule has 1 rings (SSSR count). The quantitative estimate of drug-likeness (QED) is 0.801. The van der Waals surface area contributed by atoms with Gasteiger partial charge in [-0.3, -0.25) is 9.59 Å². The molecule has 0 radical (unpaired) electrons. The highest BCUT2D eigenvalue weighted by Gasteiger charge is 2.16. The molecular weight excluding hydrogens is 312 g/mol.